The summed E-state index contributed by atoms with van der Waals surface area (Å²) < 4.78 is 5.00. The molecule has 0 bridgehead atoms. The second-order valence-corrected chi connectivity index (χ2v) is 2.89. The van der Waals surface area contributed by atoms with Gasteiger partial charge in [-0.05, 0) is 0 Å². The molecule has 0 fully saturated rings. The van der Waals surface area contributed by atoms with E-state index in [9.17, 15) is 9.59 Å². The molecule has 0 aromatic heterocycles. The van der Waals surface area contributed by atoms with E-state index >= 15 is 0 Å². The van der Waals surface area contributed by atoms with Crippen molar-refractivity contribution in [3.63, 3.8) is 0 Å². The number of carboxylic acids is 2. The molecule has 0 saturated carbocycles. The summed E-state index contributed by atoms with van der Waals surface area (Å²) in [5.74, 6) is -2.51. The van der Waals surface area contributed by atoms with Crippen LogP contribution in [0.1, 0.15) is 12.8 Å². The molecule has 0 heterocycles. The molecule has 0 radical (unpaired) electrons. The lowest BCUT2D eigenvalue weighted by atomic mass is 10.0. The highest BCUT2D eigenvalue weighted by Crippen LogP contribution is 2.09. The Morgan fingerprint density at radius 1 is 1.29 bits per heavy atom. The van der Waals surface area contributed by atoms with Gasteiger partial charge in [0.15, 0.2) is 0 Å². The van der Waals surface area contributed by atoms with Crippen LogP contribution in [0.15, 0.2) is 12.7 Å². The van der Waals surface area contributed by atoms with Gasteiger partial charge >= 0.3 is 11.9 Å². The van der Waals surface area contributed by atoms with Crippen LogP contribution in [0.4, 0.5) is 0 Å². The van der Waals surface area contributed by atoms with E-state index < -0.39 is 17.9 Å². The molecule has 2 N–H and O–H groups in total. The molecular formula is C9H14O5. The molecule has 0 atom stereocenters. The van der Waals surface area contributed by atoms with Crippen LogP contribution in [-0.2, 0) is 14.3 Å². The maximum Gasteiger partial charge on any atom is 0.303 e. The van der Waals surface area contributed by atoms with Crippen LogP contribution in [0, 0.1) is 5.92 Å². The molecule has 0 aromatic carbocycles. The highest BCUT2D eigenvalue weighted by molar-refractivity contribution is 5.70. The predicted octanol–water partition coefficient (Wildman–Crippen LogP) is 0.755. The zero-order chi connectivity index (χ0) is 11.0. The second-order valence-electron chi connectivity index (χ2n) is 2.89. The molecular weight excluding hydrogens is 188 g/mol. The van der Waals surface area contributed by atoms with Crippen molar-refractivity contribution in [2.75, 3.05) is 13.2 Å². The Morgan fingerprint density at radius 2 is 1.79 bits per heavy atom. The van der Waals surface area contributed by atoms with Crippen LogP contribution in [0.3, 0.4) is 0 Å². The summed E-state index contributed by atoms with van der Waals surface area (Å²) in [5, 5.41) is 17.0. The Kier molecular flexibility index (Phi) is 6.39. The number of carboxylic acid groups (broad SMARTS) is 2. The second kappa shape index (κ2) is 7.08. The Bertz CT molecular complexity index is 195. The minimum Gasteiger partial charge on any atom is -0.481 e. The first kappa shape index (κ1) is 12.6. The number of rotatable bonds is 8. The van der Waals surface area contributed by atoms with Gasteiger partial charge in [-0.2, -0.15) is 0 Å². The zero-order valence-corrected chi connectivity index (χ0v) is 7.81. The average Bonchev–Trinajstić information content (AvgIpc) is 2.02. The minimum atomic E-state index is -1.02. The van der Waals surface area contributed by atoms with Crippen LogP contribution in [0.5, 0.6) is 0 Å². The summed E-state index contributed by atoms with van der Waals surface area (Å²) in [6, 6.07) is 0. The summed E-state index contributed by atoms with van der Waals surface area (Å²) in [6.45, 7) is 3.85. The average molecular weight is 202 g/mol. The third kappa shape index (κ3) is 7.30. The summed E-state index contributed by atoms with van der Waals surface area (Å²) >= 11 is 0. The van der Waals surface area contributed by atoms with Crippen molar-refractivity contribution in [3.05, 3.63) is 12.7 Å². The van der Waals surface area contributed by atoms with E-state index in [0.717, 1.165) is 0 Å². The van der Waals surface area contributed by atoms with Gasteiger partial charge in [-0.15, -0.1) is 6.58 Å². The molecule has 0 spiro atoms. The number of carbonyl (C=O) groups is 2. The van der Waals surface area contributed by atoms with E-state index in [1.807, 2.05) is 0 Å². The fourth-order valence-corrected chi connectivity index (χ4v) is 1.00. The Balaban J connectivity index is 3.89. The molecule has 0 amide bonds. The molecule has 0 aliphatic carbocycles. The lowest BCUT2D eigenvalue weighted by Crippen LogP contribution is -2.18. The molecule has 0 unspecified atom stereocenters. The lowest BCUT2D eigenvalue weighted by molar-refractivity contribution is -0.141. The smallest absolute Gasteiger partial charge is 0.303 e. The fraction of sp³-hybridized carbons (Fsp3) is 0.556. The van der Waals surface area contributed by atoms with E-state index in [1.54, 1.807) is 0 Å². The van der Waals surface area contributed by atoms with E-state index in [0.29, 0.717) is 6.61 Å². The summed E-state index contributed by atoms with van der Waals surface area (Å²) in [5.41, 5.74) is 0. The first-order valence-corrected chi connectivity index (χ1v) is 4.18. The number of aliphatic carboxylic acids is 2. The molecule has 14 heavy (non-hydrogen) atoms. The molecule has 0 saturated heterocycles. The first-order chi connectivity index (χ1) is 6.56. The van der Waals surface area contributed by atoms with Crippen LogP contribution in [0.2, 0.25) is 0 Å². The van der Waals surface area contributed by atoms with Crippen molar-refractivity contribution in [1.82, 2.24) is 0 Å². The van der Waals surface area contributed by atoms with Crippen molar-refractivity contribution in [2.24, 2.45) is 5.92 Å². The number of hydrogen-bond acceptors (Lipinski definition) is 3. The Morgan fingerprint density at radius 3 is 2.14 bits per heavy atom. The standard InChI is InChI=1S/C9H14O5/c1-2-3-14-6-7(4-8(10)11)5-9(12)13/h2,7H,1,3-6H2,(H,10,11)(H,12,13). The van der Waals surface area contributed by atoms with Crippen molar-refractivity contribution in [1.29, 1.82) is 0 Å². The van der Waals surface area contributed by atoms with E-state index in [1.165, 1.54) is 6.08 Å². The summed E-state index contributed by atoms with van der Waals surface area (Å²) in [6.07, 6.45) is 1.14. The van der Waals surface area contributed by atoms with Crippen molar-refractivity contribution >= 4 is 11.9 Å². The molecule has 5 nitrogen and oxygen atoms in total. The van der Waals surface area contributed by atoms with Gasteiger partial charge in [0.2, 0.25) is 0 Å². The quantitative estimate of drug-likeness (QED) is 0.448. The van der Waals surface area contributed by atoms with Gasteiger partial charge in [-0.3, -0.25) is 9.59 Å². The predicted molar refractivity (Wildman–Crippen MR) is 49.0 cm³/mol. The van der Waals surface area contributed by atoms with E-state index in [-0.39, 0.29) is 19.4 Å². The third-order valence-corrected chi connectivity index (χ3v) is 1.52. The Labute approximate surface area is 82.0 Å². The summed E-state index contributed by atoms with van der Waals surface area (Å²) in [7, 11) is 0. The zero-order valence-electron chi connectivity index (χ0n) is 7.81. The van der Waals surface area contributed by atoms with Crippen LogP contribution >= 0.6 is 0 Å². The van der Waals surface area contributed by atoms with Crippen LogP contribution in [0.25, 0.3) is 0 Å². The SMILES string of the molecule is C=CCOCC(CC(=O)O)CC(=O)O. The number of ether oxygens (including phenoxy) is 1. The molecule has 0 aliphatic rings. The molecule has 0 rings (SSSR count). The monoisotopic (exact) mass is 202 g/mol. The largest absolute Gasteiger partial charge is 0.481 e. The van der Waals surface area contributed by atoms with Gasteiger partial charge in [-0.25, -0.2) is 0 Å². The van der Waals surface area contributed by atoms with E-state index in [2.05, 4.69) is 6.58 Å². The van der Waals surface area contributed by atoms with Gasteiger partial charge in [-0.1, -0.05) is 6.08 Å². The van der Waals surface area contributed by atoms with Crippen molar-refractivity contribution < 1.29 is 24.5 Å². The molecule has 0 aliphatic heterocycles. The molecule has 80 valence electrons. The van der Waals surface area contributed by atoms with Gasteiger partial charge in [0.1, 0.15) is 0 Å². The topological polar surface area (TPSA) is 83.8 Å². The normalized spacial score (nSPS) is 10.1. The fourth-order valence-electron chi connectivity index (χ4n) is 1.00. The van der Waals surface area contributed by atoms with Crippen molar-refractivity contribution in [3.8, 4) is 0 Å². The van der Waals surface area contributed by atoms with Crippen LogP contribution in [-0.4, -0.2) is 35.4 Å². The highest BCUT2D eigenvalue weighted by Gasteiger charge is 2.16. The van der Waals surface area contributed by atoms with Gasteiger partial charge < -0.3 is 14.9 Å². The maximum absolute atomic E-state index is 10.4. The van der Waals surface area contributed by atoms with Gasteiger partial charge in [0, 0.05) is 5.92 Å². The highest BCUT2D eigenvalue weighted by atomic mass is 16.5. The number of hydrogen-bond donors (Lipinski definition) is 2. The maximum atomic E-state index is 10.4. The summed E-state index contributed by atoms with van der Waals surface area (Å²) in [4.78, 5) is 20.7. The van der Waals surface area contributed by atoms with Gasteiger partial charge in [0.25, 0.3) is 0 Å². The van der Waals surface area contributed by atoms with Gasteiger partial charge in [0.05, 0.1) is 26.1 Å². The lowest BCUT2D eigenvalue weighted by Gasteiger charge is -2.11. The first-order valence-electron chi connectivity index (χ1n) is 4.18. The van der Waals surface area contributed by atoms with E-state index in [4.69, 9.17) is 14.9 Å². The molecule has 5 heteroatoms. The Hall–Kier alpha value is -1.36. The molecule has 0 aromatic rings. The third-order valence-electron chi connectivity index (χ3n) is 1.52. The minimum absolute atomic E-state index is 0.130. The van der Waals surface area contributed by atoms with Crippen LogP contribution < -0.4 is 0 Å². The van der Waals surface area contributed by atoms with Crippen molar-refractivity contribution in [2.45, 2.75) is 12.8 Å².